The lowest BCUT2D eigenvalue weighted by atomic mass is 10.0. The Morgan fingerprint density at radius 3 is 1.48 bits per heavy atom. The van der Waals surface area contributed by atoms with Gasteiger partial charge in [-0.1, -0.05) is 154 Å². The Morgan fingerprint density at radius 2 is 1.04 bits per heavy atom. The Balaban J connectivity index is 1.69. The number of hydrogen-bond donors (Lipinski definition) is 0. The molecule has 0 aliphatic carbocycles. The molecule has 0 aromatic heterocycles. The minimum absolute atomic E-state index is 0.0209. The van der Waals surface area contributed by atoms with Crippen LogP contribution in [0.2, 0.25) is 18.1 Å². The van der Waals surface area contributed by atoms with Crippen LogP contribution in [-0.2, 0) is 49.8 Å². The zero-order valence-electron chi connectivity index (χ0n) is 29.0. The van der Waals surface area contributed by atoms with E-state index in [1.807, 2.05) is 84.9 Å². The molecular formula is C41H51ClO5Si. The molecule has 3 atom stereocenters. The summed E-state index contributed by atoms with van der Waals surface area (Å²) >= 11 is 6.63. The summed E-state index contributed by atoms with van der Waals surface area (Å²) in [5, 5.41) is 0.0209. The first-order valence-corrected chi connectivity index (χ1v) is 20.0. The van der Waals surface area contributed by atoms with E-state index in [1.54, 1.807) is 5.54 Å². The quantitative estimate of drug-likeness (QED) is 0.0919. The topological polar surface area (TPSA) is 46.2 Å². The molecule has 0 aliphatic heterocycles. The zero-order valence-corrected chi connectivity index (χ0v) is 30.8. The van der Waals surface area contributed by atoms with E-state index >= 15 is 0 Å². The van der Waals surface area contributed by atoms with Crippen LogP contribution >= 0.6 is 11.6 Å². The molecule has 0 aliphatic rings. The first kappa shape index (κ1) is 37.7. The van der Waals surface area contributed by atoms with E-state index in [1.165, 1.54) is 0 Å². The van der Waals surface area contributed by atoms with Gasteiger partial charge >= 0.3 is 0 Å². The van der Waals surface area contributed by atoms with Crippen LogP contribution in [0.5, 0.6) is 0 Å². The number of rotatable bonds is 19. The fourth-order valence-corrected chi connectivity index (χ4v) is 6.09. The maximum atomic E-state index is 6.86. The second-order valence-corrected chi connectivity index (χ2v) is 18.6. The molecule has 0 bridgehead atoms. The second kappa shape index (κ2) is 19.2. The average molecular weight is 687 g/mol. The molecule has 0 saturated heterocycles. The van der Waals surface area contributed by atoms with Gasteiger partial charge in [0.1, 0.15) is 18.3 Å². The number of hydrogen-bond acceptors (Lipinski definition) is 5. The van der Waals surface area contributed by atoms with Gasteiger partial charge in [0.15, 0.2) is 8.32 Å². The first-order chi connectivity index (χ1) is 23.2. The Labute approximate surface area is 293 Å². The van der Waals surface area contributed by atoms with E-state index in [-0.39, 0.29) is 11.6 Å². The molecule has 4 rings (SSSR count). The van der Waals surface area contributed by atoms with Gasteiger partial charge in [0, 0.05) is 5.54 Å². The molecule has 0 heterocycles. The van der Waals surface area contributed by atoms with Crippen molar-refractivity contribution in [2.45, 2.75) is 83.6 Å². The van der Waals surface area contributed by atoms with E-state index in [0.717, 1.165) is 27.8 Å². The highest BCUT2D eigenvalue weighted by molar-refractivity contribution is 6.74. The van der Waals surface area contributed by atoms with Gasteiger partial charge in [0.2, 0.25) is 0 Å². The van der Waals surface area contributed by atoms with Crippen LogP contribution in [0.4, 0.5) is 0 Å². The van der Waals surface area contributed by atoms with Gasteiger partial charge in [-0.3, -0.25) is 0 Å². The van der Waals surface area contributed by atoms with E-state index in [9.17, 15) is 0 Å². The third-order valence-electron chi connectivity index (χ3n) is 8.83. The molecule has 0 saturated carbocycles. The molecule has 4 aromatic carbocycles. The van der Waals surface area contributed by atoms with Crippen molar-refractivity contribution in [3.8, 4) is 0 Å². The number of benzene rings is 4. The van der Waals surface area contributed by atoms with Crippen LogP contribution in [0.15, 0.2) is 132 Å². The molecule has 256 valence electrons. The highest BCUT2D eigenvalue weighted by Gasteiger charge is 2.41. The van der Waals surface area contributed by atoms with E-state index in [0.29, 0.717) is 33.0 Å². The monoisotopic (exact) mass is 686 g/mol. The van der Waals surface area contributed by atoms with Crippen molar-refractivity contribution in [1.82, 2.24) is 0 Å². The third-order valence-corrected chi connectivity index (χ3v) is 13.6. The first-order valence-electron chi connectivity index (χ1n) is 16.7. The van der Waals surface area contributed by atoms with Crippen molar-refractivity contribution in [3.63, 3.8) is 0 Å². The molecule has 0 amide bonds. The largest absolute Gasteiger partial charge is 0.414 e. The normalized spacial score (nSPS) is 14.4. The zero-order chi connectivity index (χ0) is 34.2. The Kier molecular flexibility index (Phi) is 15.1. The van der Waals surface area contributed by atoms with Gasteiger partial charge in [0.25, 0.3) is 0 Å². The van der Waals surface area contributed by atoms with E-state index < -0.39 is 26.6 Å². The highest BCUT2D eigenvalue weighted by atomic mass is 35.5. The minimum Gasteiger partial charge on any atom is -0.414 e. The average Bonchev–Trinajstić information content (AvgIpc) is 3.10. The van der Waals surface area contributed by atoms with Crippen LogP contribution in [0.1, 0.15) is 43.0 Å². The molecule has 4 aromatic rings. The summed E-state index contributed by atoms with van der Waals surface area (Å²) in [4.78, 5) is 0. The SMILES string of the molecule is CC(C)(C)[Si](C)(C)OC[C@H](OCc1ccccc1)[C@@H](OCc1ccccc1)[C@H](OCc1ccccc1)/C(=C\Cl)COCc1ccccc1. The summed E-state index contributed by atoms with van der Waals surface area (Å²) in [5.74, 6) is 0. The maximum absolute atomic E-state index is 6.86. The van der Waals surface area contributed by atoms with Crippen molar-refractivity contribution >= 4 is 19.9 Å². The van der Waals surface area contributed by atoms with Crippen molar-refractivity contribution in [2.75, 3.05) is 13.2 Å². The van der Waals surface area contributed by atoms with Crippen LogP contribution in [0.3, 0.4) is 0 Å². The Bertz CT molecular complexity index is 1480. The smallest absolute Gasteiger partial charge is 0.192 e. The van der Waals surface area contributed by atoms with Gasteiger partial charge < -0.3 is 23.4 Å². The van der Waals surface area contributed by atoms with Crippen molar-refractivity contribution in [1.29, 1.82) is 0 Å². The molecule has 7 heteroatoms. The Hall–Kier alpha value is -3.07. The summed E-state index contributed by atoms with van der Waals surface area (Å²) in [6.45, 7) is 13.4. The van der Waals surface area contributed by atoms with Gasteiger partial charge in [-0.25, -0.2) is 0 Å². The van der Waals surface area contributed by atoms with Crippen LogP contribution < -0.4 is 0 Å². The van der Waals surface area contributed by atoms with Crippen LogP contribution in [0, 0.1) is 0 Å². The molecule has 5 nitrogen and oxygen atoms in total. The predicted octanol–water partition coefficient (Wildman–Crippen LogP) is 10.1. The molecule has 0 N–H and O–H groups in total. The van der Waals surface area contributed by atoms with Crippen molar-refractivity contribution in [2.24, 2.45) is 0 Å². The maximum Gasteiger partial charge on any atom is 0.192 e. The summed E-state index contributed by atoms with van der Waals surface area (Å²) in [6, 6.07) is 40.6. The summed E-state index contributed by atoms with van der Waals surface area (Å²) < 4.78 is 33.5. The van der Waals surface area contributed by atoms with Gasteiger partial charge in [-0.15, -0.1) is 0 Å². The van der Waals surface area contributed by atoms with E-state index in [4.69, 9.17) is 35.0 Å². The Morgan fingerprint density at radius 1 is 0.625 bits per heavy atom. The molecule has 0 radical (unpaired) electrons. The van der Waals surface area contributed by atoms with Gasteiger partial charge in [-0.2, -0.15) is 0 Å². The summed E-state index contributed by atoms with van der Waals surface area (Å²) in [6.07, 6.45) is -1.65. The third kappa shape index (κ3) is 12.1. The predicted molar refractivity (Wildman–Crippen MR) is 198 cm³/mol. The molecular weight excluding hydrogens is 636 g/mol. The number of ether oxygens (including phenoxy) is 4. The fraction of sp³-hybridized carbons (Fsp3) is 0.366. The van der Waals surface area contributed by atoms with Crippen LogP contribution in [0.25, 0.3) is 0 Å². The number of halogens is 1. The van der Waals surface area contributed by atoms with Gasteiger partial charge in [0.05, 0.1) is 39.6 Å². The van der Waals surface area contributed by atoms with Crippen LogP contribution in [-0.4, -0.2) is 39.8 Å². The molecule has 0 unspecified atom stereocenters. The second-order valence-electron chi connectivity index (χ2n) is 13.5. The standard InChI is InChI=1S/C41H51ClO5Si/c1-41(2,3)48(4,5)47-32-38(44-28-34-20-12-7-13-21-34)40(46-30-36-24-16-9-17-25-36)39(45-29-35-22-14-8-15-23-35)37(26-42)31-43-27-33-18-10-6-11-19-33/h6-26,38-40H,27-32H2,1-5H3/b37-26-/t38-,39+,40+/m0/s1. The van der Waals surface area contributed by atoms with E-state index in [2.05, 4.69) is 70.3 Å². The molecule has 0 spiro atoms. The lowest BCUT2D eigenvalue weighted by molar-refractivity contribution is -0.152. The minimum atomic E-state index is -2.15. The lowest BCUT2D eigenvalue weighted by Gasteiger charge is -2.40. The summed E-state index contributed by atoms with van der Waals surface area (Å²) in [5.41, 5.74) is 6.58. The summed E-state index contributed by atoms with van der Waals surface area (Å²) in [7, 11) is -2.15. The van der Waals surface area contributed by atoms with Gasteiger partial charge in [-0.05, 0) is 46.0 Å². The van der Waals surface area contributed by atoms with Crippen molar-refractivity contribution < 1.29 is 23.4 Å². The molecule has 0 fully saturated rings. The highest BCUT2D eigenvalue weighted by Crippen LogP contribution is 2.37. The lowest BCUT2D eigenvalue weighted by Crippen LogP contribution is -2.50. The van der Waals surface area contributed by atoms with Crippen molar-refractivity contribution in [3.05, 3.63) is 155 Å². The fourth-order valence-electron chi connectivity index (χ4n) is 4.89. The molecule has 48 heavy (non-hydrogen) atoms.